The molecule has 1 unspecified atom stereocenters. The van der Waals surface area contributed by atoms with E-state index in [4.69, 9.17) is 9.16 Å². The zero-order valence-electron chi connectivity index (χ0n) is 13.3. The SMILES string of the molecule is C=CCOC1=C(F)[C](C=C)CC1O[Si](C)(C)C(C)(C)C. The molecule has 0 heterocycles. The van der Waals surface area contributed by atoms with Gasteiger partial charge in [-0.3, -0.25) is 0 Å². The summed E-state index contributed by atoms with van der Waals surface area (Å²) in [6.07, 6.45) is 3.30. The van der Waals surface area contributed by atoms with Gasteiger partial charge < -0.3 is 9.16 Å². The number of hydrogen-bond acceptors (Lipinski definition) is 2. The summed E-state index contributed by atoms with van der Waals surface area (Å²) in [5.74, 6) is 0.531. The topological polar surface area (TPSA) is 18.5 Å². The molecule has 0 aliphatic heterocycles. The van der Waals surface area contributed by atoms with E-state index in [0.29, 0.717) is 18.1 Å². The van der Waals surface area contributed by atoms with Crippen molar-refractivity contribution in [1.29, 1.82) is 0 Å². The van der Waals surface area contributed by atoms with Gasteiger partial charge in [0.05, 0.1) is 5.92 Å². The molecule has 0 spiro atoms. The first-order chi connectivity index (χ1) is 9.14. The highest BCUT2D eigenvalue weighted by atomic mass is 28.4. The van der Waals surface area contributed by atoms with Crippen molar-refractivity contribution in [3.05, 3.63) is 42.8 Å². The molecule has 0 aromatic rings. The molecule has 0 N–H and O–H groups in total. The highest BCUT2D eigenvalue weighted by Gasteiger charge is 2.44. The van der Waals surface area contributed by atoms with Gasteiger partial charge in [-0.25, -0.2) is 4.39 Å². The van der Waals surface area contributed by atoms with Gasteiger partial charge in [0.2, 0.25) is 0 Å². The van der Waals surface area contributed by atoms with E-state index in [0.717, 1.165) is 0 Å². The van der Waals surface area contributed by atoms with Crippen LogP contribution in [0.1, 0.15) is 27.2 Å². The molecule has 113 valence electrons. The van der Waals surface area contributed by atoms with Gasteiger partial charge in [-0.2, -0.15) is 0 Å². The van der Waals surface area contributed by atoms with Gasteiger partial charge >= 0.3 is 0 Å². The van der Waals surface area contributed by atoms with E-state index in [9.17, 15) is 4.39 Å². The quantitative estimate of drug-likeness (QED) is 0.511. The summed E-state index contributed by atoms with van der Waals surface area (Å²) in [6, 6.07) is 0. The summed E-state index contributed by atoms with van der Waals surface area (Å²) in [6.45, 7) is 18.3. The Kier molecular flexibility index (Phi) is 5.38. The molecular formula is C16H26FO2Si. The molecule has 0 amide bonds. The average Bonchev–Trinajstić information content (AvgIpc) is 2.61. The van der Waals surface area contributed by atoms with Crippen LogP contribution in [0.25, 0.3) is 0 Å². The predicted octanol–water partition coefficient (Wildman–Crippen LogP) is 4.92. The minimum atomic E-state index is -1.98. The van der Waals surface area contributed by atoms with Crippen molar-refractivity contribution < 1.29 is 13.6 Å². The zero-order chi connectivity index (χ0) is 15.6. The molecule has 0 fully saturated rings. The van der Waals surface area contributed by atoms with Crippen molar-refractivity contribution in [2.75, 3.05) is 6.61 Å². The Morgan fingerprint density at radius 1 is 1.35 bits per heavy atom. The van der Waals surface area contributed by atoms with Crippen molar-refractivity contribution in [2.45, 2.75) is 51.4 Å². The third-order valence-electron chi connectivity index (χ3n) is 4.04. The Bertz CT molecular complexity index is 407. The highest BCUT2D eigenvalue weighted by Crippen LogP contribution is 2.43. The second kappa shape index (κ2) is 6.27. The second-order valence-electron chi connectivity index (χ2n) is 6.58. The molecular weight excluding hydrogens is 271 g/mol. The van der Waals surface area contributed by atoms with Crippen molar-refractivity contribution in [3.63, 3.8) is 0 Å². The Balaban J connectivity index is 2.94. The van der Waals surface area contributed by atoms with Gasteiger partial charge in [-0.15, -0.1) is 6.58 Å². The van der Waals surface area contributed by atoms with Crippen LogP contribution in [0, 0.1) is 5.92 Å². The number of ether oxygens (including phenoxy) is 1. The van der Waals surface area contributed by atoms with Crippen LogP contribution in [0.15, 0.2) is 36.9 Å². The van der Waals surface area contributed by atoms with Gasteiger partial charge in [0.1, 0.15) is 12.7 Å². The number of hydrogen-bond donors (Lipinski definition) is 0. The van der Waals surface area contributed by atoms with Gasteiger partial charge in [-0.05, 0) is 24.6 Å². The van der Waals surface area contributed by atoms with Crippen LogP contribution in [0.4, 0.5) is 4.39 Å². The van der Waals surface area contributed by atoms with E-state index in [1.165, 1.54) is 0 Å². The molecule has 0 aromatic heterocycles. The third-order valence-corrected chi connectivity index (χ3v) is 8.53. The lowest BCUT2D eigenvalue weighted by Gasteiger charge is -2.38. The summed E-state index contributed by atoms with van der Waals surface area (Å²) >= 11 is 0. The largest absolute Gasteiger partial charge is 0.488 e. The number of halogens is 1. The molecule has 0 saturated carbocycles. The van der Waals surface area contributed by atoms with Crippen molar-refractivity contribution in [1.82, 2.24) is 0 Å². The summed E-state index contributed by atoms with van der Waals surface area (Å²) in [5, 5.41) is 0.0734. The molecule has 1 radical (unpaired) electrons. The Morgan fingerprint density at radius 2 is 1.95 bits per heavy atom. The second-order valence-corrected chi connectivity index (χ2v) is 11.3. The fraction of sp³-hybridized carbons (Fsp3) is 0.562. The highest BCUT2D eigenvalue weighted by molar-refractivity contribution is 6.74. The first-order valence-electron chi connectivity index (χ1n) is 6.94. The maximum atomic E-state index is 14.2. The lowest BCUT2D eigenvalue weighted by molar-refractivity contribution is 0.124. The van der Waals surface area contributed by atoms with Gasteiger partial charge in [0.15, 0.2) is 19.9 Å². The molecule has 2 nitrogen and oxygen atoms in total. The van der Waals surface area contributed by atoms with E-state index in [1.807, 2.05) is 0 Å². The first-order valence-corrected chi connectivity index (χ1v) is 9.84. The van der Waals surface area contributed by atoms with E-state index in [2.05, 4.69) is 47.0 Å². The lowest BCUT2D eigenvalue weighted by atomic mass is 10.1. The first kappa shape index (κ1) is 17.2. The van der Waals surface area contributed by atoms with Crippen molar-refractivity contribution in [2.24, 2.45) is 0 Å². The minimum absolute atomic E-state index is 0.0734. The maximum absolute atomic E-state index is 14.2. The predicted molar refractivity (Wildman–Crippen MR) is 84.4 cm³/mol. The standard InChI is InChI=1S/C16H26FO2Si/c1-8-10-18-15-13(11-12(9-2)14(15)17)19-20(6,7)16(3,4)5/h8-9,13H,1-2,10-11H2,3-7H3. The fourth-order valence-corrected chi connectivity index (χ4v) is 3.04. The average molecular weight is 297 g/mol. The molecule has 1 aliphatic carbocycles. The van der Waals surface area contributed by atoms with Crippen LogP contribution in [-0.4, -0.2) is 21.0 Å². The van der Waals surface area contributed by atoms with Crippen LogP contribution < -0.4 is 0 Å². The van der Waals surface area contributed by atoms with E-state index in [-0.39, 0.29) is 23.6 Å². The summed E-state index contributed by atoms with van der Waals surface area (Å²) < 4.78 is 26.0. The van der Waals surface area contributed by atoms with Crippen molar-refractivity contribution >= 4 is 8.32 Å². The van der Waals surface area contributed by atoms with Crippen LogP contribution in [0.3, 0.4) is 0 Å². The van der Waals surface area contributed by atoms with Crippen LogP contribution >= 0.6 is 0 Å². The smallest absolute Gasteiger partial charge is 0.193 e. The van der Waals surface area contributed by atoms with Gasteiger partial charge in [0.25, 0.3) is 0 Å². The molecule has 20 heavy (non-hydrogen) atoms. The molecule has 1 atom stereocenters. The van der Waals surface area contributed by atoms with Gasteiger partial charge in [0, 0.05) is 0 Å². The van der Waals surface area contributed by atoms with Crippen LogP contribution in [0.5, 0.6) is 0 Å². The third kappa shape index (κ3) is 3.61. The number of rotatable bonds is 6. The minimum Gasteiger partial charge on any atom is -0.488 e. The summed E-state index contributed by atoms with van der Waals surface area (Å²) in [4.78, 5) is 0. The number of allylic oxidation sites excluding steroid dienone is 2. The molecule has 0 saturated heterocycles. The van der Waals surface area contributed by atoms with Gasteiger partial charge in [-0.1, -0.05) is 39.5 Å². The Morgan fingerprint density at radius 3 is 2.40 bits per heavy atom. The Hall–Kier alpha value is -0.873. The molecule has 1 rings (SSSR count). The zero-order valence-corrected chi connectivity index (χ0v) is 14.3. The maximum Gasteiger partial charge on any atom is 0.193 e. The van der Waals surface area contributed by atoms with Crippen LogP contribution in [-0.2, 0) is 9.16 Å². The van der Waals surface area contributed by atoms with E-state index in [1.54, 1.807) is 12.2 Å². The normalized spacial score (nSPS) is 21.2. The molecule has 0 bridgehead atoms. The molecule has 0 aromatic carbocycles. The van der Waals surface area contributed by atoms with E-state index < -0.39 is 8.32 Å². The van der Waals surface area contributed by atoms with Crippen LogP contribution in [0.2, 0.25) is 18.1 Å². The monoisotopic (exact) mass is 297 g/mol. The molecule has 4 heteroatoms. The van der Waals surface area contributed by atoms with Crippen molar-refractivity contribution in [3.8, 4) is 0 Å². The van der Waals surface area contributed by atoms with E-state index >= 15 is 0 Å². The fourth-order valence-electron chi connectivity index (χ4n) is 1.79. The summed E-state index contributed by atoms with van der Waals surface area (Å²) in [5.41, 5.74) is 0. The Labute approximate surface area is 123 Å². The molecule has 1 aliphatic rings. The summed E-state index contributed by atoms with van der Waals surface area (Å²) in [7, 11) is -1.98. The lowest BCUT2D eigenvalue weighted by Crippen LogP contribution is -2.44.